The lowest BCUT2D eigenvalue weighted by Crippen LogP contribution is -2.56. The molecular weight excluding hydrogens is 603 g/mol. The smallest absolute Gasteiger partial charge is 0.314 e. The Morgan fingerprint density at radius 2 is 1.59 bits per heavy atom. The molecule has 4 unspecified atom stereocenters. The zero-order valence-corrected chi connectivity index (χ0v) is 26.9. The fraction of sp³-hybridized carbons (Fsp3) is 0.412. The zero-order chi connectivity index (χ0) is 31.6. The number of hydrogen-bond donors (Lipinski definition) is 1. The molecule has 1 amide bonds. The van der Waals surface area contributed by atoms with Crippen LogP contribution in [0.15, 0.2) is 60.7 Å². The number of hydrogen-bond acceptors (Lipinski definition) is 6. The average Bonchev–Trinajstić information content (AvgIpc) is 3.55. The summed E-state index contributed by atoms with van der Waals surface area (Å²) in [5.41, 5.74) is 0.963. The van der Waals surface area contributed by atoms with Gasteiger partial charge in [-0.25, -0.2) is 0 Å². The van der Waals surface area contributed by atoms with Gasteiger partial charge in [0.25, 0.3) is 5.91 Å². The number of amides is 1. The summed E-state index contributed by atoms with van der Waals surface area (Å²) < 4.78 is 16.3. The molecule has 3 aromatic carbocycles. The van der Waals surface area contributed by atoms with Gasteiger partial charge in [0.05, 0.1) is 31.4 Å². The number of carboxylic acids is 1. The molecule has 4 atom stereocenters. The summed E-state index contributed by atoms with van der Waals surface area (Å²) in [4.78, 5) is 31.0. The standard InChI is InChI=1S/C34H38Cl2N2O6/c1-21(23-12-14-38(19-23)32(39)24-17-29(42-2)31(44-4)30(18-24)43-3)37-15-13-34(33(40)41,25-8-6-5-7-9-25)26(20-37)22-10-11-27(35)28(36)16-22/h5-11,16-18,21,23,26H,12-15,19-20H2,1-4H3,(H,40,41). The van der Waals surface area contributed by atoms with Crippen molar-refractivity contribution in [2.24, 2.45) is 5.92 Å². The zero-order valence-electron chi connectivity index (χ0n) is 25.4. The number of nitrogens with zero attached hydrogens (tertiary/aromatic N) is 2. The number of likely N-dealkylation sites (tertiary alicyclic amines) is 2. The number of aliphatic carboxylic acids is 1. The number of carboxylic acid groups (broad SMARTS) is 1. The van der Waals surface area contributed by atoms with Gasteiger partial charge in [-0.1, -0.05) is 59.6 Å². The first-order valence-electron chi connectivity index (χ1n) is 14.7. The van der Waals surface area contributed by atoms with E-state index in [0.717, 1.165) is 17.5 Å². The first-order chi connectivity index (χ1) is 21.1. The number of piperidine rings is 1. The average molecular weight is 642 g/mol. The fourth-order valence-corrected chi connectivity index (χ4v) is 7.28. The fourth-order valence-electron chi connectivity index (χ4n) is 6.98. The van der Waals surface area contributed by atoms with E-state index in [-0.39, 0.29) is 23.8 Å². The largest absolute Gasteiger partial charge is 0.493 e. The summed E-state index contributed by atoms with van der Waals surface area (Å²) >= 11 is 12.7. The third kappa shape index (κ3) is 5.83. The maximum absolute atomic E-state index is 13.6. The Labute approximate surface area is 268 Å². The van der Waals surface area contributed by atoms with Gasteiger partial charge in [-0.15, -0.1) is 0 Å². The summed E-state index contributed by atoms with van der Waals surface area (Å²) in [6, 6.07) is 18.4. The third-order valence-electron chi connectivity index (χ3n) is 9.50. The maximum atomic E-state index is 13.6. The van der Waals surface area contributed by atoms with Gasteiger partial charge in [-0.2, -0.15) is 0 Å². The van der Waals surface area contributed by atoms with E-state index in [1.807, 2.05) is 41.3 Å². The molecule has 2 fully saturated rings. The molecular formula is C34H38Cl2N2O6. The maximum Gasteiger partial charge on any atom is 0.314 e. The quantitative estimate of drug-likeness (QED) is 0.290. The summed E-state index contributed by atoms with van der Waals surface area (Å²) in [6.07, 6.45) is 1.27. The highest BCUT2D eigenvalue weighted by atomic mass is 35.5. The number of rotatable bonds is 9. The molecule has 3 aromatic rings. The second kappa shape index (κ2) is 13.3. The van der Waals surface area contributed by atoms with E-state index in [2.05, 4.69) is 11.8 Å². The predicted octanol–water partition coefficient (Wildman–Crippen LogP) is 6.38. The SMILES string of the molecule is COc1cc(C(=O)N2CCC(C(C)N3CCC(C(=O)O)(c4ccccc4)C(c4ccc(Cl)c(Cl)c4)C3)C2)cc(OC)c1OC. The van der Waals surface area contributed by atoms with Crippen LogP contribution in [-0.4, -0.2) is 80.3 Å². The molecule has 0 aliphatic carbocycles. The van der Waals surface area contributed by atoms with Gasteiger partial charge < -0.3 is 24.2 Å². The lowest BCUT2D eigenvalue weighted by Gasteiger charge is -2.48. The van der Waals surface area contributed by atoms with Crippen molar-refractivity contribution < 1.29 is 28.9 Å². The van der Waals surface area contributed by atoms with Gasteiger partial charge in [-0.3, -0.25) is 14.5 Å². The highest BCUT2D eigenvalue weighted by Gasteiger charge is 2.52. The van der Waals surface area contributed by atoms with Crippen molar-refractivity contribution in [3.8, 4) is 17.2 Å². The van der Waals surface area contributed by atoms with E-state index in [1.54, 1.807) is 24.3 Å². The Hall–Kier alpha value is -3.46. The minimum absolute atomic E-state index is 0.0970. The molecule has 1 N–H and O–H groups in total. The van der Waals surface area contributed by atoms with Crippen molar-refractivity contribution in [2.75, 3.05) is 47.5 Å². The van der Waals surface area contributed by atoms with Crippen LogP contribution in [0.3, 0.4) is 0 Å². The van der Waals surface area contributed by atoms with Gasteiger partial charge in [-0.05, 0) is 67.6 Å². The number of halogens is 2. The molecule has 234 valence electrons. The monoisotopic (exact) mass is 640 g/mol. The van der Waals surface area contributed by atoms with Gasteiger partial charge in [0, 0.05) is 37.2 Å². The number of carbonyl (C=O) groups is 2. The van der Waals surface area contributed by atoms with Gasteiger partial charge in [0.2, 0.25) is 5.75 Å². The van der Waals surface area contributed by atoms with E-state index in [1.165, 1.54) is 21.3 Å². The number of ether oxygens (including phenoxy) is 3. The van der Waals surface area contributed by atoms with Crippen LogP contribution in [0.4, 0.5) is 0 Å². The van der Waals surface area contributed by atoms with Gasteiger partial charge in [0.15, 0.2) is 11.5 Å². The molecule has 0 radical (unpaired) electrons. The van der Waals surface area contributed by atoms with Crippen LogP contribution in [0.1, 0.15) is 47.2 Å². The molecule has 2 aliphatic heterocycles. The van der Waals surface area contributed by atoms with Crippen LogP contribution in [0.2, 0.25) is 10.0 Å². The van der Waals surface area contributed by atoms with Crippen molar-refractivity contribution in [1.82, 2.24) is 9.80 Å². The summed E-state index contributed by atoms with van der Waals surface area (Å²) in [5, 5.41) is 11.6. The summed E-state index contributed by atoms with van der Waals surface area (Å²) in [6.45, 7) is 4.53. The third-order valence-corrected chi connectivity index (χ3v) is 10.2. The second-order valence-corrected chi connectivity index (χ2v) is 12.4. The highest BCUT2D eigenvalue weighted by Crippen LogP contribution is 2.48. The molecule has 2 aliphatic rings. The summed E-state index contributed by atoms with van der Waals surface area (Å²) in [7, 11) is 4.58. The molecule has 0 spiro atoms. The van der Waals surface area contributed by atoms with Crippen LogP contribution in [-0.2, 0) is 10.2 Å². The first kappa shape index (κ1) is 31.9. The van der Waals surface area contributed by atoms with Gasteiger partial charge >= 0.3 is 5.97 Å². The minimum Gasteiger partial charge on any atom is -0.493 e. The second-order valence-electron chi connectivity index (χ2n) is 11.6. The van der Waals surface area contributed by atoms with Crippen LogP contribution in [0.5, 0.6) is 17.2 Å². The van der Waals surface area contributed by atoms with Crippen molar-refractivity contribution in [3.63, 3.8) is 0 Å². The molecule has 5 rings (SSSR count). The molecule has 0 bridgehead atoms. The first-order valence-corrected chi connectivity index (χ1v) is 15.5. The van der Waals surface area contributed by atoms with Crippen LogP contribution < -0.4 is 14.2 Å². The lowest BCUT2D eigenvalue weighted by molar-refractivity contribution is -0.147. The summed E-state index contributed by atoms with van der Waals surface area (Å²) in [5.74, 6) is 0.197. The Morgan fingerprint density at radius 1 is 0.909 bits per heavy atom. The number of benzene rings is 3. The van der Waals surface area contributed by atoms with Crippen LogP contribution >= 0.6 is 23.2 Å². The molecule has 0 aromatic heterocycles. The molecule has 10 heteroatoms. The van der Waals surface area contributed by atoms with E-state index < -0.39 is 11.4 Å². The highest BCUT2D eigenvalue weighted by molar-refractivity contribution is 6.42. The van der Waals surface area contributed by atoms with Crippen molar-refractivity contribution in [3.05, 3.63) is 87.4 Å². The Kier molecular flexibility index (Phi) is 9.63. The van der Waals surface area contributed by atoms with Crippen molar-refractivity contribution in [1.29, 1.82) is 0 Å². The van der Waals surface area contributed by atoms with Crippen molar-refractivity contribution in [2.45, 2.75) is 37.1 Å². The lowest BCUT2D eigenvalue weighted by atomic mass is 9.63. The van der Waals surface area contributed by atoms with E-state index in [4.69, 9.17) is 37.4 Å². The molecule has 2 heterocycles. The predicted molar refractivity (Wildman–Crippen MR) is 171 cm³/mol. The molecule has 44 heavy (non-hydrogen) atoms. The Morgan fingerprint density at radius 3 is 2.18 bits per heavy atom. The minimum atomic E-state index is -1.13. The Bertz CT molecular complexity index is 1490. The van der Waals surface area contributed by atoms with E-state index in [9.17, 15) is 14.7 Å². The molecule has 8 nitrogen and oxygen atoms in total. The van der Waals surface area contributed by atoms with E-state index >= 15 is 0 Å². The van der Waals surface area contributed by atoms with Crippen LogP contribution in [0, 0.1) is 5.92 Å². The number of carbonyl (C=O) groups excluding carboxylic acids is 1. The Balaban J connectivity index is 1.39. The van der Waals surface area contributed by atoms with E-state index in [0.29, 0.717) is 65.5 Å². The van der Waals surface area contributed by atoms with Crippen molar-refractivity contribution >= 4 is 35.1 Å². The number of methoxy groups -OCH3 is 3. The van der Waals surface area contributed by atoms with Gasteiger partial charge in [0.1, 0.15) is 5.41 Å². The normalized spacial score (nSPS) is 22.8. The topological polar surface area (TPSA) is 88.5 Å². The van der Waals surface area contributed by atoms with Crippen LogP contribution in [0.25, 0.3) is 0 Å². The molecule has 0 saturated carbocycles. The molecule has 2 saturated heterocycles.